The lowest BCUT2D eigenvalue weighted by molar-refractivity contribution is -0.129. The highest BCUT2D eigenvalue weighted by Gasteiger charge is 2.36. The van der Waals surface area contributed by atoms with Crippen LogP contribution in [0, 0.1) is 0 Å². The summed E-state index contributed by atoms with van der Waals surface area (Å²) in [5.74, 6) is -1.39. The standard InChI is InChI=1S/C17H16N4O3/c22-16(19-11-12-5-4-8-18-10-12)15-9-14(17(23)24)20-21(15)13-6-2-1-3-7-13/h1-8,10,15H,9,11H2,(H,19,22)(H,23,24). The van der Waals surface area contributed by atoms with Gasteiger partial charge < -0.3 is 10.4 Å². The van der Waals surface area contributed by atoms with Gasteiger partial charge >= 0.3 is 5.97 Å². The average Bonchev–Trinajstić information content (AvgIpc) is 3.07. The average molecular weight is 324 g/mol. The van der Waals surface area contributed by atoms with Crippen LogP contribution in [0.15, 0.2) is 60.0 Å². The van der Waals surface area contributed by atoms with Gasteiger partial charge in [-0.05, 0) is 23.8 Å². The predicted molar refractivity (Wildman–Crippen MR) is 88.5 cm³/mol. The largest absolute Gasteiger partial charge is 0.477 e. The number of aromatic nitrogens is 1. The maximum Gasteiger partial charge on any atom is 0.352 e. The number of hydrogen-bond donors (Lipinski definition) is 2. The number of benzene rings is 1. The van der Waals surface area contributed by atoms with Gasteiger partial charge in [-0.25, -0.2) is 4.79 Å². The summed E-state index contributed by atoms with van der Waals surface area (Å²) < 4.78 is 0. The molecular weight excluding hydrogens is 308 g/mol. The second kappa shape index (κ2) is 6.91. The van der Waals surface area contributed by atoms with Gasteiger partial charge in [0.05, 0.1) is 5.69 Å². The van der Waals surface area contributed by atoms with Gasteiger partial charge in [0.25, 0.3) is 0 Å². The first kappa shape index (κ1) is 15.7. The van der Waals surface area contributed by atoms with Crippen molar-refractivity contribution in [1.82, 2.24) is 10.3 Å². The zero-order valence-corrected chi connectivity index (χ0v) is 12.8. The van der Waals surface area contributed by atoms with E-state index >= 15 is 0 Å². The van der Waals surface area contributed by atoms with E-state index in [0.29, 0.717) is 12.2 Å². The molecule has 0 saturated heterocycles. The number of hydrazone groups is 1. The van der Waals surface area contributed by atoms with E-state index in [2.05, 4.69) is 15.4 Å². The SMILES string of the molecule is O=C(O)C1=NN(c2ccccc2)C(C(=O)NCc2cccnc2)C1. The van der Waals surface area contributed by atoms with Gasteiger partial charge in [0.1, 0.15) is 11.8 Å². The van der Waals surface area contributed by atoms with Gasteiger partial charge in [0.15, 0.2) is 0 Å². The molecule has 2 aromatic rings. The van der Waals surface area contributed by atoms with Crippen molar-refractivity contribution in [3.63, 3.8) is 0 Å². The van der Waals surface area contributed by atoms with Crippen LogP contribution in [0.5, 0.6) is 0 Å². The van der Waals surface area contributed by atoms with E-state index in [1.54, 1.807) is 30.6 Å². The summed E-state index contributed by atoms with van der Waals surface area (Å²) in [6.45, 7) is 0.328. The Morgan fingerprint density at radius 1 is 1.21 bits per heavy atom. The fourth-order valence-corrected chi connectivity index (χ4v) is 2.47. The minimum Gasteiger partial charge on any atom is -0.477 e. The van der Waals surface area contributed by atoms with E-state index < -0.39 is 12.0 Å². The molecule has 1 unspecified atom stereocenters. The number of rotatable bonds is 5. The molecule has 7 heteroatoms. The lowest BCUT2D eigenvalue weighted by atomic mass is 10.1. The van der Waals surface area contributed by atoms with Crippen molar-refractivity contribution in [2.45, 2.75) is 19.0 Å². The zero-order valence-electron chi connectivity index (χ0n) is 12.8. The molecule has 1 aromatic heterocycles. The van der Waals surface area contributed by atoms with E-state index in [0.717, 1.165) is 5.56 Å². The molecule has 1 aliphatic rings. The Labute approximate surface area is 138 Å². The maximum absolute atomic E-state index is 12.5. The number of carbonyl (C=O) groups excluding carboxylic acids is 1. The van der Waals surface area contributed by atoms with Crippen LogP contribution in [0.3, 0.4) is 0 Å². The van der Waals surface area contributed by atoms with E-state index in [1.165, 1.54) is 5.01 Å². The van der Waals surface area contributed by atoms with Crippen LogP contribution in [0.25, 0.3) is 0 Å². The third-order valence-corrected chi connectivity index (χ3v) is 3.67. The number of hydrogen-bond acceptors (Lipinski definition) is 5. The molecule has 1 aromatic carbocycles. The Kier molecular flexibility index (Phi) is 4.51. The molecule has 1 aliphatic heterocycles. The van der Waals surface area contributed by atoms with Gasteiger partial charge in [0.2, 0.25) is 5.91 Å². The number of carboxylic acids is 1. The summed E-state index contributed by atoms with van der Waals surface area (Å²) in [7, 11) is 0. The van der Waals surface area contributed by atoms with Crippen molar-refractivity contribution in [1.29, 1.82) is 0 Å². The number of nitrogens with one attached hydrogen (secondary N) is 1. The van der Waals surface area contributed by atoms with Crippen molar-refractivity contribution in [2.24, 2.45) is 5.10 Å². The van der Waals surface area contributed by atoms with Gasteiger partial charge in [-0.2, -0.15) is 5.10 Å². The minimum atomic E-state index is -1.11. The third-order valence-electron chi connectivity index (χ3n) is 3.67. The Morgan fingerprint density at radius 3 is 2.67 bits per heavy atom. The number of amides is 1. The molecule has 3 rings (SSSR count). The fourth-order valence-electron chi connectivity index (χ4n) is 2.47. The van der Waals surface area contributed by atoms with Crippen LogP contribution in [-0.2, 0) is 16.1 Å². The number of carbonyl (C=O) groups is 2. The molecule has 0 aliphatic carbocycles. The normalized spacial score (nSPS) is 16.6. The topological polar surface area (TPSA) is 94.9 Å². The summed E-state index contributed by atoms with van der Waals surface area (Å²) in [5.41, 5.74) is 1.52. The molecule has 1 atom stereocenters. The van der Waals surface area contributed by atoms with Gasteiger partial charge in [0, 0.05) is 25.4 Å². The van der Waals surface area contributed by atoms with Crippen LogP contribution >= 0.6 is 0 Å². The Balaban J connectivity index is 1.75. The molecule has 2 N–H and O–H groups in total. The number of carboxylic acid groups (broad SMARTS) is 1. The first-order valence-corrected chi connectivity index (χ1v) is 7.47. The molecule has 1 amide bonds. The summed E-state index contributed by atoms with van der Waals surface area (Å²) in [4.78, 5) is 27.8. The smallest absolute Gasteiger partial charge is 0.352 e. The summed E-state index contributed by atoms with van der Waals surface area (Å²) in [5, 5.41) is 17.6. The Hall–Kier alpha value is -3.22. The highest BCUT2D eigenvalue weighted by molar-refractivity contribution is 6.37. The summed E-state index contributed by atoms with van der Waals surface area (Å²) in [6.07, 6.45) is 3.39. The summed E-state index contributed by atoms with van der Waals surface area (Å²) in [6, 6.07) is 12.0. The second-order valence-electron chi connectivity index (χ2n) is 5.33. The number of nitrogens with zero attached hydrogens (tertiary/aromatic N) is 3. The second-order valence-corrected chi connectivity index (χ2v) is 5.33. The van der Waals surface area contributed by atoms with Crippen molar-refractivity contribution < 1.29 is 14.7 Å². The van der Waals surface area contributed by atoms with E-state index in [4.69, 9.17) is 0 Å². The van der Waals surface area contributed by atoms with E-state index in [1.807, 2.05) is 24.3 Å². The number of pyridine rings is 1. The van der Waals surface area contributed by atoms with E-state index in [-0.39, 0.29) is 18.0 Å². The van der Waals surface area contributed by atoms with Crippen LogP contribution in [0.2, 0.25) is 0 Å². The lowest BCUT2D eigenvalue weighted by Crippen LogP contribution is -2.42. The molecule has 0 fully saturated rings. The summed E-state index contributed by atoms with van der Waals surface area (Å²) >= 11 is 0. The number of aliphatic carboxylic acids is 1. The van der Waals surface area contributed by atoms with Crippen LogP contribution < -0.4 is 10.3 Å². The molecule has 0 radical (unpaired) electrons. The number of para-hydroxylation sites is 1. The molecule has 2 heterocycles. The van der Waals surface area contributed by atoms with Crippen molar-refractivity contribution >= 4 is 23.3 Å². The van der Waals surface area contributed by atoms with Crippen LogP contribution in [-0.4, -0.2) is 33.7 Å². The quantitative estimate of drug-likeness (QED) is 0.867. The molecule has 7 nitrogen and oxygen atoms in total. The molecule has 0 spiro atoms. The van der Waals surface area contributed by atoms with E-state index in [9.17, 15) is 14.7 Å². The molecular formula is C17H16N4O3. The first-order chi connectivity index (χ1) is 11.6. The lowest BCUT2D eigenvalue weighted by Gasteiger charge is -2.22. The number of anilines is 1. The van der Waals surface area contributed by atoms with Crippen molar-refractivity contribution in [3.05, 3.63) is 60.4 Å². The highest BCUT2D eigenvalue weighted by Crippen LogP contribution is 2.24. The van der Waals surface area contributed by atoms with Crippen molar-refractivity contribution in [2.75, 3.05) is 5.01 Å². The maximum atomic E-state index is 12.5. The van der Waals surface area contributed by atoms with Gasteiger partial charge in [-0.15, -0.1) is 0 Å². The predicted octanol–water partition coefficient (Wildman–Crippen LogP) is 1.42. The monoisotopic (exact) mass is 324 g/mol. The van der Waals surface area contributed by atoms with Crippen LogP contribution in [0.1, 0.15) is 12.0 Å². The van der Waals surface area contributed by atoms with Gasteiger partial charge in [-0.3, -0.25) is 14.8 Å². The zero-order chi connectivity index (χ0) is 16.9. The molecule has 24 heavy (non-hydrogen) atoms. The highest BCUT2D eigenvalue weighted by atomic mass is 16.4. The molecule has 0 saturated carbocycles. The Morgan fingerprint density at radius 2 is 2.00 bits per heavy atom. The molecule has 122 valence electrons. The fraction of sp³-hybridized carbons (Fsp3) is 0.176. The van der Waals surface area contributed by atoms with Crippen molar-refractivity contribution in [3.8, 4) is 0 Å². The minimum absolute atomic E-state index is 0.0274. The Bertz CT molecular complexity index is 762. The van der Waals surface area contributed by atoms with Gasteiger partial charge in [-0.1, -0.05) is 24.3 Å². The third kappa shape index (κ3) is 3.40. The first-order valence-electron chi connectivity index (χ1n) is 7.47. The van der Waals surface area contributed by atoms with Crippen LogP contribution in [0.4, 0.5) is 5.69 Å². The molecule has 0 bridgehead atoms.